The fourth-order valence-corrected chi connectivity index (χ4v) is 2.65. The fourth-order valence-electron chi connectivity index (χ4n) is 2.65. The summed E-state index contributed by atoms with van der Waals surface area (Å²) in [5.41, 5.74) is 0.392. The standard InChI is InChI=1S/C15H23BN2O2.C2H6.BrH/c1-14(2)15(3,4)20-16(19-14)12-7-8-13(17-11-12)18-9-5-6-10-18;1-2;/h7-8,11H,5-6,9-10H2,1-4H3;1-2H3;1H. The van der Waals surface area contributed by atoms with Gasteiger partial charge in [0, 0.05) is 24.7 Å². The quantitative estimate of drug-likeness (QED) is 0.729. The Labute approximate surface area is 151 Å². The molecule has 1 aromatic rings. The van der Waals surface area contributed by atoms with Gasteiger partial charge in [-0.3, -0.25) is 0 Å². The predicted octanol–water partition coefficient (Wildman–Crippen LogP) is 3.59. The zero-order valence-electron chi connectivity index (χ0n) is 15.3. The van der Waals surface area contributed by atoms with Crippen molar-refractivity contribution in [3.05, 3.63) is 18.3 Å². The van der Waals surface area contributed by atoms with E-state index in [4.69, 9.17) is 9.31 Å². The van der Waals surface area contributed by atoms with Crippen molar-refractivity contribution in [3.63, 3.8) is 0 Å². The maximum absolute atomic E-state index is 6.04. The van der Waals surface area contributed by atoms with Gasteiger partial charge in [0.05, 0.1) is 11.2 Å². The lowest BCUT2D eigenvalue weighted by molar-refractivity contribution is 0.00578. The Morgan fingerprint density at radius 2 is 1.52 bits per heavy atom. The van der Waals surface area contributed by atoms with Crippen LogP contribution in [-0.4, -0.2) is 36.4 Å². The number of rotatable bonds is 2. The summed E-state index contributed by atoms with van der Waals surface area (Å²) in [6, 6.07) is 4.15. The van der Waals surface area contributed by atoms with Gasteiger partial charge in [-0.05, 0) is 46.6 Å². The van der Waals surface area contributed by atoms with Gasteiger partial charge < -0.3 is 14.2 Å². The van der Waals surface area contributed by atoms with Crippen molar-refractivity contribution in [1.82, 2.24) is 4.98 Å². The first-order valence-electron chi connectivity index (χ1n) is 8.46. The minimum absolute atomic E-state index is 0. The van der Waals surface area contributed by atoms with Crippen molar-refractivity contribution in [2.24, 2.45) is 0 Å². The summed E-state index contributed by atoms with van der Waals surface area (Å²) < 4.78 is 12.1. The highest BCUT2D eigenvalue weighted by Crippen LogP contribution is 2.36. The smallest absolute Gasteiger partial charge is 0.399 e. The largest absolute Gasteiger partial charge is 0.496 e. The second kappa shape index (κ2) is 7.99. The van der Waals surface area contributed by atoms with Crippen LogP contribution in [-0.2, 0) is 9.31 Å². The van der Waals surface area contributed by atoms with Crippen molar-refractivity contribution in [2.75, 3.05) is 18.0 Å². The zero-order chi connectivity index (χ0) is 16.4. The van der Waals surface area contributed by atoms with Gasteiger partial charge in [0.15, 0.2) is 0 Å². The second-order valence-corrected chi connectivity index (χ2v) is 6.73. The van der Waals surface area contributed by atoms with Crippen LogP contribution in [0, 0.1) is 0 Å². The number of halogens is 1. The summed E-state index contributed by atoms with van der Waals surface area (Å²) in [6.07, 6.45) is 4.41. The summed E-state index contributed by atoms with van der Waals surface area (Å²) >= 11 is 0. The summed E-state index contributed by atoms with van der Waals surface area (Å²) in [7, 11) is -0.319. The van der Waals surface area contributed by atoms with E-state index in [2.05, 4.69) is 49.7 Å². The molecule has 0 atom stereocenters. The number of hydrogen-bond acceptors (Lipinski definition) is 4. The van der Waals surface area contributed by atoms with Crippen LogP contribution in [0.5, 0.6) is 0 Å². The molecule has 0 aromatic carbocycles. The minimum Gasteiger partial charge on any atom is -0.399 e. The van der Waals surface area contributed by atoms with E-state index in [-0.39, 0.29) is 35.3 Å². The van der Waals surface area contributed by atoms with Gasteiger partial charge in [-0.2, -0.15) is 0 Å². The molecule has 2 aliphatic rings. The van der Waals surface area contributed by atoms with Crippen molar-refractivity contribution < 1.29 is 9.31 Å². The van der Waals surface area contributed by atoms with Crippen LogP contribution in [0.1, 0.15) is 54.4 Å². The molecule has 0 aliphatic carbocycles. The van der Waals surface area contributed by atoms with Gasteiger partial charge in [-0.1, -0.05) is 19.9 Å². The van der Waals surface area contributed by atoms with Crippen LogP contribution in [0.15, 0.2) is 18.3 Å². The van der Waals surface area contributed by atoms with Crippen LogP contribution < -0.4 is 10.4 Å². The first kappa shape index (κ1) is 20.5. The van der Waals surface area contributed by atoms with Crippen LogP contribution in [0.25, 0.3) is 0 Å². The molecule has 2 aliphatic heterocycles. The number of hydrogen-bond donors (Lipinski definition) is 0. The molecule has 0 radical (unpaired) electrons. The molecule has 0 amide bonds. The topological polar surface area (TPSA) is 34.6 Å². The molecule has 4 nitrogen and oxygen atoms in total. The third-order valence-electron chi connectivity index (χ3n) is 4.73. The minimum atomic E-state index is -0.319. The Morgan fingerprint density at radius 3 is 1.96 bits per heavy atom. The highest BCUT2D eigenvalue weighted by atomic mass is 79.9. The second-order valence-electron chi connectivity index (χ2n) is 6.73. The van der Waals surface area contributed by atoms with Crippen molar-refractivity contribution >= 4 is 35.4 Å². The van der Waals surface area contributed by atoms with Crippen LogP contribution >= 0.6 is 17.0 Å². The fraction of sp³-hybridized carbons (Fsp3) is 0.706. The summed E-state index contributed by atoms with van der Waals surface area (Å²) in [5.74, 6) is 1.06. The number of pyridine rings is 1. The summed E-state index contributed by atoms with van der Waals surface area (Å²) in [4.78, 5) is 6.89. The Balaban J connectivity index is 0.000000849. The lowest BCUT2D eigenvalue weighted by Crippen LogP contribution is -2.41. The highest BCUT2D eigenvalue weighted by Gasteiger charge is 2.51. The van der Waals surface area contributed by atoms with E-state index >= 15 is 0 Å². The number of nitrogens with zero attached hydrogens (tertiary/aromatic N) is 2. The van der Waals surface area contributed by atoms with Gasteiger partial charge in [-0.15, -0.1) is 17.0 Å². The molecule has 1 aromatic heterocycles. The maximum atomic E-state index is 6.04. The summed E-state index contributed by atoms with van der Waals surface area (Å²) in [5, 5.41) is 0. The van der Waals surface area contributed by atoms with E-state index in [1.165, 1.54) is 12.8 Å². The molecule has 3 rings (SSSR count). The molecule has 6 heteroatoms. The Hall–Kier alpha value is -0.585. The van der Waals surface area contributed by atoms with Gasteiger partial charge in [-0.25, -0.2) is 4.98 Å². The molecule has 0 bridgehead atoms. The van der Waals surface area contributed by atoms with Crippen LogP contribution in [0.4, 0.5) is 5.82 Å². The van der Waals surface area contributed by atoms with E-state index in [1.54, 1.807) is 0 Å². The van der Waals surface area contributed by atoms with Crippen LogP contribution in [0.2, 0.25) is 0 Å². The molecule has 2 fully saturated rings. The SMILES string of the molecule is Br.CC.CC1(C)OB(c2ccc(N3CCCC3)nc2)OC1(C)C. The van der Waals surface area contributed by atoms with E-state index in [9.17, 15) is 0 Å². The molecule has 23 heavy (non-hydrogen) atoms. The molecule has 0 saturated carbocycles. The monoisotopic (exact) mass is 384 g/mol. The van der Waals surface area contributed by atoms with E-state index in [0.717, 1.165) is 24.4 Å². The first-order chi connectivity index (χ1) is 10.4. The van der Waals surface area contributed by atoms with Gasteiger partial charge in [0.2, 0.25) is 0 Å². The van der Waals surface area contributed by atoms with E-state index < -0.39 is 0 Å². The van der Waals surface area contributed by atoms with Gasteiger partial charge in [0.25, 0.3) is 0 Å². The molecule has 0 unspecified atom stereocenters. The highest BCUT2D eigenvalue weighted by molar-refractivity contribution is 8.93. The number of aromatic nitrogens is 1. The van der Waals surface area contributed by atoms with Crippen molar-refractivity contribution in [3.8, 4) is 0 Å². The Morgan fingerprint density at radius 1 is 1.00 bits per heavy atom. The molecule has 130 valence electrons. The Bertz CT molecular complexity index is 472. The Kier molecular flexibility index (Phi) is 7.11. The first-order valence-corrected chi connectivity index (χ1v) is 8.46. The van der Waals surface area contributed by atoms with E-state index in [1.807, 2.05) is 20.0 Å². The van der Waals surface area contributed by atoms with Gasteiger partial charge in [0.1, 0.15) is 5.82 Å². The van der Waals surface area contributed by atoms with E-state index in [0.29, 0.717) is 0 Å². The molecule has 3 heterocycles. The normalized spacial score (nSPS) is 21.5. The number of anilines is 1. The molecular formula is C17H30BBrN2O2. The lowest BCUT2D eigenvalue weighted by Gasteiger charge is -2.32. The predicted molar refractivity (Wildman–Crippen MR) is 103 cm³/mol. The third kappa shape index (κ3) is 4.28. The van der Waals surface area contributed by atoms with Gasteiger partial charge >= 0.3 is 7.12 Å². The molecule has 2 saturated heterocycles. The van der Waals surface area contributed by atoms with Crippen LogP contribution in [0.3, 0.4) is 0 Å². The maximum Gasteiger partial charge on any atom is 0.496 e. The average Bonchev–Trinajstić information content (AvgIpc) is 3.08. The molecule has 0 N–H and O–H groups in total. The third-order valence-corrected chi connectivity index (χ3v) is 4.73. The summed E-state index contributed by atoms with van der Waals surface area (Å²) in [6.45, 7) is 14.5. The average molecular weight is 385 g/mol. The van der Waals surface area contributed by atoms with Crippen molar-refractivity contribution in [2.45, 2.75) is 65.6 Å². The molecule has 0 spiro atoms. The molecular weight excluding hydrogens is 355 g/mol. The van der Waals surface area contributed by atoms with Crippen molar-refractivity contribution in [1.29, 1.82) is 0 Å². The lowest BCUT2D eigenvalue weighted by atomic mass is 9.80. The zero-order valence-corrected chi connectivity index (χ0v) is 17.0.